The number of anilines is 1. The second kappa shape index (κ2) is 6.86. The molecule has 0 radical (unpaired) electrons. The Balaban J connectivity index is 1.71. The molecule has 2 saturated heterocycles. The van der Waals surface area contributed by atoms with Gasteiger partial charge in [0.2, 0.25) is 5.91 Å². The molecule has 6 nitrogen and oxygen atoms in total. The van der Waals surface area contributed by atoms with Crippen LogP contribution in [0.2, 0.25) is 0 Å². The van der Waals surface area contributed by atoms with Crippen molar-refractivity contribution in [3.8, 4) is 0 Å². The van der Waals surface area contributed by atoms with Crippen molar-refractivity contribution in [2.75, 3.05) is 44.4 Å². The lowest BCUT2D eigenvalue weighted by molar-refractivity contribution is -0.141. The third-order valence-corrected chi connectivity index (χ3v) is 4.47. The molecule has 0 aliphatic carbocycles. The number of morpholine rings is 1. The second-order valence-corrected chi connectivity index (χ2v) is 6.13. The van der Waals surface area contributed by atoms with Crippen LogP contribution < -0.4 is 4.90 Å². The third-order valence-electron chi connectivity index (χ3n) is 4.47. The van der Waals surface area contributed by atoms with Gasteiger partial charge in [-0.05, 0) is 31.5 Å². The maximum absolute atomic E-state index is 13.5. The number of nitrogens with zero attached hydrogens (tertiary/aromatic N) is 2. The molecular weight excluding hydrogens is 315 g/mol. The Bertz CT molecular complexity index is 639. The maximum atomic E-state index is 13.5. The van der Waals surface area contributed by atoms with E-state index in [1.54, 1.807) is 21.9 Å². The predicted octanol–water partition coefficient (Wildman–Crippen LogP) is 1.20. The smallest absolute Gasteiger partial charge is 0.253 e. The first-order chi connectivity index (χ1) is 11.5. The van der Waals surface area contributed by atoms with Gasteiger partial charge in [0, 0.05) is 18.8 Å². The highest BCUT2D eigenvalue weighted by molar-refractivity contribution is 5.95. The molecule has 7 heteroatoms. The molecule has 2 aliphatic heterocycles. The van der Waals surface area contributed by atoms with E-state index in [1.807, 2.05) is 6.92 Å². The standard InChI is InChI=1S/C17H21FN2O4/c1-2-23-9-15(21)19-7-6-17(11-19)12-20(16(22)10-24-17)14-5-3-4-13(18)8-14/h3-5,8H,2,6-7,9-12H2,1H3. The summed E-state index contributed by atoms with van der Waals surface area (Å²) in [7, 11) is 0. The van der Waals surface area contributed by atoms with Gasteiger partial charge in [-0.3, -0.25) is 9.59 Å². The number of rotatable bonds is 4. The van der Waals surface area contributed by atoms with Crippen molar-refractivity contribution in [1.82, 2.24) is 4.90 Å². The number of likely N-dealkylation sites (tertiary alicyclic amines) is 1. The zero-order valence-electron chi connectivity index (χ0n) is 13.7. The zero-order chi connectivity index (χ0) is 17.2. The van der Waals surface area contributed by atoms with Crippen molar-refractivity contribution in [2.24, 2.45) is 0 Å². The fourth-order valence-electron chi connectivity index (χ4n) is 3.18. The molecule has 1 unspecified atom stereocenters. The largest absolute Gasteiger partial charge is 0.372 e. The Labute approximate surface area is 140 Å². The van der Waals surface area contributed by atoms with Crippen LogP contribution in [0.25, 0.3) is 0 Å². The first-order valence-electron chi connectivity index (χ1n) is 8.08. The molecule has 1 aromatic rings. The molecule has 2 heterocycles. The van der Waals surface area contributed by atoms with Gasteiger partial charge in [0.05, 0.1) is 13.1 Å². The van der Waals surface area contributed by atoms with Gasteiger partial charge in [-0.2, -0.15) is 0 Å². The van der Waals surface area contributed by atoms with E-state index < -0.39 is 5.60 Å². The fourth-order valence-corrected chi connectivity index (χ4v) is 3.18. The lowest BCUT2D eigenvalue weighted by atomic mass is 10.00. The quantitative estimate of drug-likeness (QED) is 0.829. The number of benzene rings is 1. The van der Waals surface area contributed by atoms with Gasteiger partial charge < -0.3 is 19.3 Å². The molecule has 2 fully saturated rings. The summed E-state index contributed by atoms with van der Waals surface area (Å²) in [6, 6.07) is 5.96. The third kappa shape index (κ3) is 3.42. The molecule has 1 spiro atoms. The second-order valence-electron chi connectivity index (χ2n) is 6.13. The molecule has 1 atom stereocenters. The molecule has 0 bridgehead atoms. The van der Waals surface area contributed by atoms with E-state index in [0.29, 0.717) is 38.3 Å². The molecule has 130 valence electrons. The normalized spacial score (nSPS) is 24.0. The Morgan fingerprint density at radius 1 is 1.42 bits per heavy atom. The Morgan fingerprint density at radius 3 is 3.00 bits per heavy atom. The van der Waals surface area contributed by atoms with E-state index in [2.05, 4.69) is 0 Å². The van der Waals surface area contributed by atoms with Crippen LogP contribution in [-0.4, -0.2) is 61.8 Å². The van der Waals surface area contributed by atoms with Gasteiger partial charge in [-0.15, -0.1) is 0 Å². The number of halogens is 1. The van der Waals surface area contributed by atoms with Crippen molar-refractivity contribution in [3.05, 3.63) is 30.1 Å². The van der Waals surface area contributed by atoms with E-state index in [1.165, 1.54) is 12.1 Å². The van der Waals surface area contributed by atoms with Crippen LogP contribution >= 0.6 is 0 Å². The first kappa shape index (κ1) is 16.9. The summed E-state index contributed by atoms with van der Waals surface area (Å²) in [5, 5.41) is 0. The Hall–Kier alpha value is -1.99. The van der Waals surface area contributed by atoms with Gasteiger partial charge in [0.25, 0.3) is 5.91 Å². The first-order valence-corrected chi connectivity index (χ1v) is 8.08. The summed E-state index contributed by atoms with van der Waals surface area (Å²) in [6.07, 6.45) is 0.643. The van der Waals surface area contributed by atoms with E-state index in [0.717, 1.165) is 0 Å². The number of hydrogen-bond acceptors (Lipinski definition) is 4. The maximum Gasteiger partial charge on any atom is 0.253 e. The van der Waals surface area contributed by atoms with Crippen LogP contribution in [0.4, 0.5) is 10.1 Å². The highest BCUT2D eigenvalue weighted by Gasteiger charge is 2.46. The topological polar surface area (TPSA) is 59.1 Å². The molecule has 0 aromatic heterocycles. The van der Waals surface area contributed by atoms with Crippen molar-refractivity contribution < 1.29 is 23.5 Å². The average Bonchev–Trinajstić information content (AvgIpc) is 2.99. The number of amides is 2. The van der Waals surface area contributed by atoms with E-state index in [-0.39, 0.29) is 30.8 Å². The molecule has 1 aromatic carbocycles. The van der Waals surface area contributed by atoms with Gasteiger partial charge in [-0.1, -0.05) is 6.07 Å². The average molecular weight is 336 g/mol. The number of hydrogen-bond donors (Lipinski definition) is 0. The molecular formula is C17H21FN2O4. The Morgan fingerprint density at radius 2 is 2.25 bits per heavy atom. The van der Waals surface area contributed by atoms with Crippen molar-refractivity contribution >= 4 is 17.5 Å². The van der Waals surface area contributed by atoms with Crippen LogP contribution in [0.3, 0.4) is 0 Å². The number of carbonyl (C=O) groups excluding carboxylic acids is 2. The fraction of sp³-hybridized carbons (Fsp3) is 0.529. The molecule has 3 rings (SSSR count). The summed E-state index contributed by atoms with van der Waals surface area (Å²) in [6.45, 7) is 3.61. The summed E-state index contributed by atoms with van der Waals surface area (Å²) < 4.78 is 24.4. The number of carbonyl (C=O) groups is 2. The molecule has 2 amide bonds. The molecule has 24 heavy (non-hydrogen) atoms. The summed E-state index contributed by atoms with van der Waals surface area (Å²) in [5.41, 5.74) is -0.0796. The van der Waals surface area contributed by atoms with Crippen LogP contribution in [-0.2, 0) is 19.1 Å². The predicted molar refractivity (Wildman–Crippen MR) is 85.1 cm³/mol. The lowest BCUT2D eigenvalue weighted by Gasteiger charge is -2.40. The minimum atomic E-state index is -0.595. The van der Waals surface area contributed by atoms with E-state index in [4.69, 9.17) is 9.47 Å². The molecule has 0 saturated carbocycles. The van der Waals surface area contributed by atoms with Crippen LogP contribution in [0.15, 0.2) is 24.3 Å². The highest BCUT2D eigenvalue weighted by atomic mass is 19.1. The van der Waals surface area contributed by atoms with E-state index >= 15 is 0 Å². The molecule has 0 N–H and O–H groups in total. The van der Waals surface area contributed by atoms with Gasteiger partial charge in [0.15, 0.2) is 0 Å². The van der Waals surface area contributed by atoms with Crippen LogP contribution in [0.1, 0.15) is 13.3 Å². The lowest BCUT2D eigenvalue weighted by Crippen LogP contribution is -2.56. The van der Waals surface area contributed by atoms with E-state index in [9.17, 15) is 14.0 Å². The Kier molecular flexibility index (Phi) is 4.82. The summed E-state index contributed by atoms with van der Waals surface area (Å²) >= 11 is 0. The van der Waals surface area contributed by atoms with Crippen molar-refractivity contribution in [3.63, 3.8) is 0 Å². The zero-order valence-corrected chi connectivity index (χ0v) is 13.7. The summed E-state index contributed by atoms with van der Waals surface area (Å²) in [5.74, 6) is -0.669. The number of ether oxygens (including phenoxy) is 2. The molecule has 2 aliphatic rings. The monoisotopic (exact) mass is 336 g/mol. The van der Waals surface area contributed by atoms with Crippen molar-refractivity contribution in [2.45, 2.75) is 18.9 Å². The van der Waals surface area contributed by atoms with Gasteiger partial charge in [-0.25, -0.2) is 4.39 Å². The highest BCUT2D eigenvalue weighted by Crippen LogP contribution is 2.32. The van der Waals surface area contributed by atoms with Crippen LogP contribution in [0, 0.1) is 5.82 Å². The van der Waals surface area contributed by atoms with Crippen LogP contribution in [0.5, 0.6) is 0 Å². The van der Waals surface area contributed by atoms with Gasteiger partial charge in [0.1, 0.15) is 24.6 Å². The minimum absolute atomic E-state index is 0.0547. The van der Waals surface area contributed by atoms with Crippen molar-refractivity contribution in [1.29, 1.82) is 0 Å². The SMILES string of the molecule is CCOCC(=O)N1CCC2(C1)CN(c1cccc(F)c1)C(=O)CO2. The summed E-state index contributed by atoms with van der Waals surface area (Å²) in [4.78, 5) is 27.5. The minimum Gasteiger partial charge on any atom is -0.372 e. The van der Waals surface area contributed by atoms with Gasteiger partial charge >= 0.3 is 0 Å².